The van der Waals surface area contributed by atoms with E-state index in [1.807, 2.05) is 0 Å². The first-order chi connectivity index (χ1) is 8.75. The summed E-state index contributed by atoms with van der Waals surface area (Å²) in [5.41, 5.74) is 5.66. The molecule has 1 heterocycles. The van der Waals surface area contributed by atoms with E-state index in [1.165, 1.54) is 0 Å². The number of nitrogens with zero attached hydrogens (tertiary/aromatic N) is 1. The molecule has 1 aromatic rings. The molecule has 2 N–H and O–H groups in total. The van der Waals surface area contributed by atoms with Crippen LogP contribution in [-0.2, 0) is 4.74 Å². The number of halogens is 1. The molecule has 1 aromatic carbocycles. The lowest BCUT2D eigenvalue weighted by Gasteiger charge is -2.26. The van der Waals surface area contributed by atoms with Crippen molar-refractivity contribution in [2.24, 2.45) is 5.73 Å². The van der Waals surface area contributed by atoms with Crippen LogP contribution in [0, 0.1) is 0 Å². The molecule has 19 heavy (non-hydrogen) atoms. The Morgan fingerprint density at radius 3 is 2.47 bits per heavy atom. The average molecular weight is 287 g/mol. The van der Waals surface area contributed by atoms with Crippen molar-refractivity contribution in [1.82, 2.24) is 4.90 Å². The molecule has 5 nitrogen and oxygen atoms in total. The molecule has 1 saturated heterocycles. The number of nitrogens with two attached hydrogens (primary N) is 1. The molecule has 0 aliphatic carbocycles. The van der Waals surface area contributed by atoms with Crippen LogP contribution in [0.15, 0.2) is 24.3 Å². The number of carbonyl (C=O) groups is 1. The molecule has 0 spiro atoms. The summed E-state index contributed by atoms with van der Waals surface area (Å²) in [6.45, 7) is 5.05. The highest BCUT2D eigenvalue weighted by atomic mass is 35.5. The number of rotatable bonds is 5. The summed E-state index contributed by atoms with van der Waals surface area (Å²) in [5.74, 6) is 0.336. The zero-order chi connectivity index (χ0) is 12.8. The van der Waals surface area contributed by atoms with Crippen molar-refractivity contribution in [2.45, 2.75) is 0 Å². The zero-order valence-corrected chi connectivity index (χ0v) is 11.5. The van der Waals surface area contributed by atoms with Gasteiger partial charge in [-0.1, -0.05) is 0 Å². The summed E-state index contributed by atoms with van der Waals surface area (Å²) in [6, 6.07) is 6.87. The van der Waals surface area contributed by atoms with Crippen LogP contribution < -0.4 is 10.5 Å². The van der Waals surface area contributed by atoms with E-state index in [1.54, 1.807) is 24.3 Å². The van der Waals surface area contributed by atoms with Crippen molar-refractivity contribution in [3.63, 3.8) is 0 Å². The van der Waals surface area contributed by atoms with E-state index in [0.29, 0.717) is 12.2 Å². The summed E-state index contributed by atoms with van der Waals surface area (Å²) >= 11 is 0. The van der Waals surface area contributed by atoms with Gasteiger partial charge in [-0.3, -0.25) is 9.69 Å². The molecule has 1 fully saturated rings. The molecule has 0 radical (unpaired) electrons. The third kappa shape index (κ3) is 5.06. The average Bonchev–Trinajstić information content (AvgIpc) is 2.40. The Kier molecular flexibility index (Phi) is 6.62. The standard InChI is InChI=1S/C13H18N2O3.ClH/c14-13(16)11-1-3-12(4-2-11)18-10-7-15-5-8-17-9-6-15;/h1-4H,5-10H2,(H2,14,16);1H. The van der Waals surface area contributed by atoms with E-state index in [-0.39, 0.29) is 12.4 Å². The van der Waals surface area contributed by atoms with Gasteiger partial charge in [0.15, 0.2) is 0 Å². The Bertz CT molecular complexity index is 391. The molecular weight excluding hydrogens is 268 g/mol. The molecule has 0 bridgehead atoms. The van der Waals surface area contributed by atoms with Crippen LogP contribution in [0.2, 0.25) is 0 Å². The Morgan fingerprint density at radius 1 is 1.26 bits per heavy atom. The van der Waals surface area contributed by atoms with Crippen LogP contribution in [0.25, 0.3) is 0 Å². The predicted octanol–water partition coefficient (Wildman–Crippen LogP) is 0.918. The van der Waals surface area contributed by atoms with Crippen LogP contribution in [0.3, 0.4) is 0 Å². The minimum Gasteiger partial charge on any atom is -0.492 e. The summed E-state index contributed by atoms with van der Waals surface area (Å²) in [6.07, 6.45) is 0. The van der Waals surface area contributed by atoms with E-state index < -0.39 is 5.91 Å². The van der Waals surface area contributed by atoms with Gasteiger partial charge in [-0.05, 0) is 24.3 Å². The van der Waals surface area contributed by atoms with Gasteiger partial charge < -0.3 is 15.2 Å². The monoisotopic (exact) mass is 286 g/mol. The van der Waals surface area contributed by atoms with Gasteiger partial charge in [-0.25, -0.2) is 0 Å². The van der Waals surface area contributed by atoms with E-state index in [0.717, 1.165) is 38.6 Å². The number of ether oxygens (including phenoxy) is 2. The van der Waals surface area contributed by atoms with Gasteiger partial charge in [0.05, 0.1) is 13.2 Å². The van der Waals surface area contributed by atoms with Gasteiger partial charge in [-0.2, -0.15) is 0 Å². The lowest BCUT2D eigenvalue weighted by molar-refractivity contribution is 0.0322. The molecule has 0 atom stereocenters. The molecule has 1 amide bonds. The van der Waals surface area contributed by atoms with Gasteiger partial charge in [0.1, 0.15) is 12.4 Å². The van der Waals surface area contributed by atoms with E-state index in [4.69, 9.17) is 15.2 Å². The highest BCUT2D eigenvalue weighted by Gasteiger charge is 2.09. The molecule has 1 aliphatic rings. The van der Waals surface area contributed by atoms with Crippen LogP contribution in [0.4, 0.5) is 0 Å². The maximum Gasteiger partial charge on any atom is 0.248 e. The normalized spacial score (nSPS) is 15.6. The van der Waals surface area contributed by atoms with E-state index in [2.05, 4.69) is 4.90 Å². The molecule has 2 rings (SSSR count). The fraction of sp³-hybridized carbons (Fsp3) is 0.462. The maximum atomic E-state index is 10.9. The molecule has 0 unspecified atom stereocenters. The van der Waals surface area contributed by atoms with Gasteiger partial charge >= 0.3 is 0 Å². The van der Waals surface area contributed by atoms with Crippen molar-refractivity contribution >= 4 is 18.3 Å². The smallest absolute Gasteiger partial charge is 0.248 e. The Labute approximate surface area is 119 Å². The molecular formula is C13H19ClN2O3. The third-order valence-corrected chi connectivity index (χ3v) is 2.92. The van der Waals surface area contributed by atoms with Crippen LogP contribution in [0.1, 0.15) is 10.4 Å². The number of carbonyl (C=O) groups excluding carboxylic acids is 1. The van der Waals surface area contributed by atoms with Crippen molar-refractivity contribution < 1.29 is 14.3 Å². The SMILES string of the molecule is Cl.NC(=O)c1ccc(OCCN2CCOCC2)cc1. The first kappa shape index (κ1) is 15.8. The number of primary amides is 1. The predicted molar refractivity (Wildman–Crippen MR) is 75.0 cm³/mol. The van der Waals surface area contributed by atoms with Crippen molar-refractivity contribution in [1.29, 1.82) is 0 Å². The van der Waals surface area contributed by atoms with Gasteiger partial charge in [0.25, 0.3) is 0 Å². The highest BCUT2D eigenvalue weighted by molar-refractivity contribution is 5.92. The van der Waals surface area contributed by atoms with Crippen LogP contribution in [-0.4, -0.2) is 50.3 Å². The van der Waals surface area contributed by atoms with E-state index >= 15 is 0 Å². The maximum absolute atomic E-state index is 10.9. The minimum atomic E-state index is -0.421. The summed E-state index contributed by atoms with van der Waals surface area (Å²) in [5, 5.41) is 0. The fourth-order valence-electron chi connectivity index (χ4n) is 1.83. The summed E-state index contributed by atoms with van der Waals surface area (Å²) in [7, 11) is 0. The number of benzene rings is 1. The molecule has 0 saturated carbocycles. The Hall–Kier alpha value is -1.30. The van der Waals surface area contributed by atoms with Gasteiger partial charge in [-0.15, -0.1) is 12.4 Å². The third-order valence-electron chi connectivity index (χ3n) is 2.92. The van der Waals surface area contributed by atoms with Crippen LogP contribution in [0.5, 0.6) is 5.75 Å². The Balaban J connectivity index is 0.00000180. The molecule has 6 heteroatoms. The second-order valence-electron chi connectivity index (χ2n) is 4.19. The minimum absolute atomic E-state index is 0. The lowest BCUT2D eigenvalue weighted by atomic mass is 10.2. The highest BCUT2D eigenvalue weighted by Crippen LogP contribution is 2.11. The van der Waals surface area contributed by atoms with Crippen molar-refractivity contribution in [2.75, 3.05) is 39.5 Å². The number of hydrogen-bond donors (Lipinski definition) is 1. The summed E-state index contributed by atoms with van der Waals surface area (Å²) < 4.78 is 10.9. The largest absolute Gasteiger partial charge is 0.492 e. The summed E-state index contributed by atoms with van der Waals surface area (Å²) in [4.78, 5) is 13.2. The molecule has 106 valence electrons. The Morgan fingerprint density at radius 2 is 1.89 bits per heavy atom. The van der Waals surface area contributed by atoms with Crippen molar-refractivity contribution in [3.05, 3.63) is 29.8 Å². The topological polar surface area (TPSA) is 64.8 Å². The number of hydrogen-bond acceptors (Lipinski definition) is 4. The first-order valence-electron chi connectivity index (χ1n) is 6.08. The first-order valence-corrected chi connectivity index (χ1v) is 6.08. The van der Waals surface area contributed by atoms with Crippen molar-refractivity contribution in [3.8, 4) is 5.75 Å². The lowest BCUT2D eigenvalue weighted by Crippen LogP contribution is -2.38. The van der Waals surface area contributed by atoms with E-state index in [9.17, 15) is 4.79 Å². The quantitative estimate of drug-likeness (QED) is 0.874. The second kappa shape index (κ2) is 7.99. The van der Waals surface area contributed by atoms with Gasteiger partial charge in [0.2, 0.25) is 5.91 Å². The molecule has 1 aliphatic heterocycles. The fourth-order valence-corrected chi connectivity index (χ4v) is 1.83. The zero-order valence-electron chi connectivity index (χ0n) is 10.7. The second-order valence-corrected chi connectivity index (χ2v) is 4.19. The van der Waals surface area contributed by atoms with Crippen LogP contribution >= 0.6 is 12.4 Å². The molecule has 0 aromatic heterocycles. The van der Waals surface area contributed by atoms with Gasteiger partial charge in [0, 0.05) is 25.2 Å². The number of morpholine rings is 1. The number of amides is 1.